The van der Waals surface area contributed by atoms with Gasteiger partial charge in [0.1, 0.15) is 30.7 Å². The smallest absolute Gasteiger partial charge is 0.412 e. The lowest BCUT2D eigenvalue weighted by atomic mass is 10.2. The van der Waals surface area contributed by atoms with E-state index >= 15 is 0 Å². The molecule has 0 bridgehead atoms. The van der Waals surface area contributed by atoms with Crippen molar-refractivity contribution < 1.29 is 34.1 Å². The van der Waals surface area contributed by atoms with Crippen LogP contribution in [0.1, 0.15) is 12.0 Å². The van der Waals surface area contributed by atoms with E-state index in [1.54, 1.807) is 42.5 Å². The summed E-state index contributed by atoms with van der Waals surface area (Å²) in [7, 11) is 0. The van der Waals surface area contributed by atoms with Crippen LogP contribution in [0.5, 0.6) is 0 Å². The van der Waals surface area contributed by atoms with Crippen molar-refractivity contribution >= 4 is 29.6 Å². The van der Waals surface area contributed by atoms with Gasteiger partial charge >= 0.3 is 18.0 Å². The van der Waals surface area contributed by atoms with E-state index in [0.717, 1.165) is 16.3 Å². The first-order valence-corrected chi connectivity index (χ1v) is 10.5. The minimum Gasteiger partial charge on any atom is -0.481 e. The van der Waals surface area contributed by atoms with Crippen molar-refractivity contribution in [1.29, 1.82) is 0 Å². The molecule has 0 aliphatic heterocycles. The third-order valence-electron chi connectivity index (χ3n) is 4.73. The Balaban J connectivity index is 1.85. The second-order valence-electron chi connectivity index (χ2n) is 7.37. The Morgan fingerprint density at radius 1 is 1.03 bits per heavy atom. The van der Waals surface area contributed by atoms with E-state index in [-0.39, 0.29) is 18.1 Å². The number of nitrogens with one attached hydrogen (secondary N) is 2. The second-order valence-corrected chi connectivity index (χ2v) is 7.37. The molecule has 3 aromatic rings. The maximum atomic E-state index is 13.1. The standard InChI is InChI=1S/C23H21N5O8/c29-18(26-16(22(33)34)9-19(30)31)12-28-20(15-7-4-8-24-10-15)25-11-17(21(28)32)27-23(35)36-13-14-5-2-1-3-6-14/h1-8,10-11,16H,9,12-13H2,(H,26,29)(H,27,35)(H,30,31)(H,33,34)/t16-/m0/s1. The Bertz CT molecular complexity index is 1310. The van der Waals surface area contributed by atoms with Crippen molar-refractivity contribution in [2.75, 3.05) is 5.32 Å². The molecule has 0 aliphatic rings. The third-order valence-corrected chi connectivity index (χ3v) is 4.73. The fraction of sp³-hybridized carbons (Fsp3) is 0.174. The van der Waals surface area contributed by atoms with Gasteiger partial charge in [0, 0.05) is 18.0 Å². The molecule has 0 unspecified atom stereocenters. The number of carboxylic acids is 2. The summed E-state index contributed by atoms with van der Waals surface area (Å²) in [6, 6.07) is 10.3. The summed E-state index contributed by atoms with van der Waals surface area (Å²) in [4.78, 5) is 68.2. The molecule has 0 fully saturated rings. The number of carbonyl (C=O) groups is 4. The number of carbonyl (C=O) groups excluding carboxylic acids is 2. The first-order valence-electron chi connectivity index (χ1n) is 10.5. The van der Waals surface area contributed by atoms with Crippen LogP contribution in [0.2, 0.25) is 0 Å². The van der Waals surface area contributed by atoms with Crippen LogP contribution in [0.25, 0.3) is 11.4 Å². The van der Waals surface area contributed by atoms with Gasteiger partial charge in [0.05, 0.1) is 12.6 Å². The molecule has 186 valence electrons. The number of carboxylic acid groups (broad SMARTS) is 2. The van der Waals surface area contributed by atoms with Crippen LogP contribution >= 0.6 is 0 Å². The van der Waals surface area contributed by atoms with Crippen molar-refractivity contribution in [3.8, 4) is 11.4 Å². The van der Waals surface area contributed by atoms with Gasteiger partial charge in [-0.05, 0) is 17.7 Å². The zero-order chi connectivity index (χ0) is 26.1. The topological polar surface area (TPSA) is 190 Å². The van der Waals surface area contributed by atoms with Crippen LogP contribution in [0.4, 0.5) is 10.5 Å². The molecule has 0 saturated heterocycles. The lowest BCUT2D eigenvalue weighted by molar-refractivity contribution is -0.147. The number of aliphatic carboxylic acids is 2. The summed E-state index contributed by atoms with van der Waals surface area (Å²) in [5.41, 5.74) is -0.0448. The van der Waals surface area contributed by atoms with Crippen LogP contribution in [0.15, 0.2) is 65.8 Å². The number of ether oxygens (including phenoxy) is 1. The molecular weight excluding hydrogens is 474 g/mol. The molecule has 0 radical (unpaired) electrons. The molecule has 0 saturated carbocycles. The Hall–Kier alpha value is -5.07. The Kier molecular flexibility index (Phi) is 8.43. The van der Waals surface area contributed by atoms with E-state index in [1.165, 1.54) is 12.4 Å². The Morgan fingerprint density at radius 2 is 1.78 bits per heavy atom. The van der Waals surface area contributed by atoms with Gasteiger partial charge in [-0.15, -0.1) is 0 Å². The van der Waals surface area contributed by atoms with Gasteiger partial charge in [0.25, 0.3) is 5.56 Å². The van der Waals surface area contributed by atoms with Gasteiger partial charge in [-0.25, -0.2) is 14.6 Å². The Labute approximate surface area is 203 Å². The molecule has 1 aromatic carbocycles. The van der Waals surface area contributed by atoms with E-state index in [1.807, 2.05) is 0 Å². The third kappa shape index (κ3) is 6.96. The molecule has 0 spiro atoms. The van der Waals surface area contributed by atoms with Gasteiger partial charge < -0.3 is 20.3 Å². The highest BCUT2D eigenvalue weighted by molar-refractivity contribution is 5.87. The second kappa shape index (κ2) is 11.9. The summed E-state index contributed by atoms with van der Waals surface area (Å²) in [5.74, 6) is -3.93. The lowest BCUT2D eigenvalue weighted by Crippen LogP contribution is -2.44. The number of aromatic nitrogens is 3. The molecule has 3 rings (SSSR count). The molecule has 13 nitrogen and oxygen atoms in total. The zero-order valence-corrected chi connectivity index (χ0v) is 18.7. The normalized spacial score (nSPS) is 11.2. The molecule has 13 heteroatoms. The van der Waals surface area contributed by atoms with E-state index in [9.17, 15) is 29.1 Å². The fourth-order valence-corrected chi connectivity index (χ4v) is 3.08. The zero-order valence-electron chi connectivity index (χ0n) is 18.7. The van der Waals surface area contributed by atoms with Crippen molar-refractivity contribution in [1.82, 2.24) is 19.9 Å². The minimum atomic E-state index is -1.71. The van der Waals surface area contributed by atoms with Gasteiger partial charge in [-0.2, -0.15) is 0 Å². The van der Waals surface area contributed by atoms with Crippen molar-refractivity contribution in [2.45, 2.75) is 25.6 Å². The molecule has 36 heavy (non-hydrogen) atoms. The van der Waals surface area contributed by atoms with Crippen LogP contribution in [-0.4, -0.2) is 54.7 Å². The molecule has 2 amide bonds. The average molecular weight is 495 g/mol. The summed E-state index contributed by atoms with van der Waals surface area (Å²) >= 11 is 0. The predicted octanol–water partition coefficient (Wildman–Crippen LogP) is 1.10. The van der Waals surface area contributed by atoms with Gasteiger partial charge in [0.2, 0.25) is 5.91 Å². The number of hydrogen-bond acceptors (Lipinski definition) is 8. The minimum absolute atomic E-state index is 0.0107. The summed E-state index contributed by atoms with van der Waals surface area (Å²) in [6.07, 6.45) is 2.17. The number of anilines is 1. The first-order chi connectivity index (χ1) is 17.2. The maximum absolute atomic E-state index is 13.1. The van der Waals surface area contributed by atoms with Gasteiger partial charge in [-0.3, -0.25) is 29.3 Å². The highest BCUT2D eigenvalue weighted by Crippen LogP contribution is 2.15. The number of benzene rings is 1. The van der Waals surface area contributed by atoms with Crippen LogP contribution in [0.3, 0.4) is 0 Å². The highest BCUT2D eigenvalue weighted by Gasteiger charge is 2.24. The van der Waals surface area contributed by atoms with Crippen molar-refractivity contribution in [3.05, 3.63) is 77.0 Å². The molecule has 2 aromatic heterocycles. The fourth-order valence-electron chi connectivity index (χ4n) is 3.08. The number of nitrogens with zero attached hydrogens (tertiary/aromatic N) is 3. The average Bonchev–Trinajstić information content (AvgIpc) is 2.85. The van der Waals surface area contributed by atoms with E-state index in [4.69, 9.17) is 9.84 Å². The summed E-state index contributed by atoms with van der Waals surface area (Å²) in [6.45, 7) is -0.765. The van der Waals surface area contributed by atoms with E-state index in [0.29, 0.717) is 5.56 Å². The first kappa shape index (κ1) is 25.6. The molecule has 0 aliphatic carbocycles. The number of hydrogen-bond donors (Lipinski definition) is 4. The number of rotatable bonds is 10. The number of pyridine rings is 1. The summed E-state index contributed by atoms with van der Waals surface area (Å²) < 4.78 is 6.00. The molecule has 2 heterocycles. The Morgan fingerprint density at radius 3 is 2.42 bits per heavy atom. The summed E-state index contributed by atoms with van der Waals surface area (Å²) in [5, 5.41) is 22.4. The van der Waals surface area contributed by atoms with Crippen molar-refractivity contribution in [2.24, 2.45) is 0 Å². The maximum Gasteiger partial charge on any atom is 0.412 e. The SMILES string of the molecule is O=C(O)C[C@H](NC(=O)Cn1c(-c2cccnc2)ncc(NC(=O)OCc2ccccc2)c1=O)C(=O)O. The van der Waals surface area contributed by atoms with Crippen LogP contribution < -0.4 is 16.2 Å². The van der Waals surface area contributed by atoms with Gasteiger partial charge in [0.15, 0.2) is 0 Å². The van der Waals surface area contributed by atoms with Crippen molar-refractivity contribution in [3.63, 3.8) is 0 Å². The molecule has 1 atom stereocenters. The molecular formula is C23H21N5O8. The quantitative estimate of drug-likeness (QED) is 0.317. The highest BCUT2D eigenvalue weighted by atomic mass is 16.5. The van der Waals surface area contributed by atoms with Crippen LogP contribution in [-0.2, 0) is 32.3 Å². The monoisotopic (exact) mass is 495 g/mol. The van der Waals surface area contributed by atoms with Gasteiger partial charge in [-0.1, -0.05) is 30.3 Å². The van der Waals surface area contributed by atoms with E-state index in [2.05, 4.69) is 20.6 Å². The lowest BCUT2D eigenvalue weighted by Gasteiger charge is -2.16. The molecule has 4 N–H and O–H groups in total. The predicted molar refractivity (Wildman–Crippen MR) is 124 cm³/mol. The number of amides is 2. The van der Waals surface area contributed by atoms with Crippen LogP contribution in [0, 0.1) is 0 Å². The van der Waals surface area contributed by atoms with E-state index < -0.39 is 48.5 Å². The largest absolute Gasteiger partial charge is 0.481 e.